The summed E-state index contributed by atoms with van der Waals surface area (Å²) in [5.41, 5.74) is 8.57. The van der Waals surface area contributed by atoms with Crippen molar-refractivity contribution in [2.45, 2.75) is 25.9 Å². The topological polar surface area (TPSA) is 65.2 Å². The van der Waals surface area contributed by atoms with Crippen molar-refractivity contribution >= 4 is 22.9 Å². The predicted molar refractivity (Wildman–Crippen MR) is 99.0 cm³/mol. The van der Waals surface area contributed by atoms with Crippen molar-refractivity contribution in [2.24, 2.45) is 5.92 Å². The van der Waals surface area contributed by atoms with E-state index in [1.165, 1.54) is 10.4 Å². The minimum atomic E-state index is -0.240. The van der Waals surface area contributed by atoms with Crippen molar-refractivity contribution in [3.05, 3.63) is 52.2 Å². The number of benzene rings is 1. The van der Waals surface area contributed by atoms with E-state index >= 15 is 0 Å². The van der Waals surface area contributed by atoms with Gasteiger partial charge in [0, 0.05) is 29.6 Å². The van der Waals surface area contributed by atoms with E-state index in [0.717, 1.165) is 18.8 Å². The number of anilines is 1. The summed E-state index contributed by atoms with van der Waals surface area (Å²) in [7, 11) is 0. The SMILES string of the molecule is Cc1ccc(NC(=O)C(C)NCC2CNNC2c2cccs2)cc1. The van der Waals surface area contributed by atoms with Gasteiger partial charge in [-0.25, -0.2) is 5.43 Å². The molecule has 3 rings (SSSR count). The van der Waals surface area contributed by atoms with Crippen LogP contribution in [0.15, 0.2) is 41.8 Å². The highest BCUT2D eigenvalue weighted by Gasteiger charge is 2.29. The van der Waals surface area contributed by atoms with Crippen LogP contribution in [-0.2, 0) is 4.79 Å². The van der Waals surface area contributed by atoms with Crippen LogP contribution in [0.25, 0.3) is 0 Å². The summed E-state index contributed by atoms with van der Waals surface area (Å²) in [5.74, 6) is 0.406. The molecule has 0 aliphatic carbocycles. The van der Waals surface area contributed by atoms with Gasteiger partial charge in [-0.3, -0.25) is 10.2 Å². The molecule has 1 aliphatic rings. The molecule has 128 valence electrons. The van der Waals surface area contributed by atoms with Crippen LogP contribution < -0.4 is 21.5 Å². The monoisotopic (exact) mass is 344 g/mol. The van der Waals surface area contributed by atoms with Crippen molar-refractivity contribution in [2.75, 3.05) is 18.4 Å². The third-order valence-electron chi connectivity index (χ3n) is 4.34. The number of hydrogen-bond donors (Lipinski definition) is 4. The van der Waals surface area contributed by atoms with Gasteiger partial charge in [0.15, 0.2) is 0 Å². The van der Waals surface area contributed by atoms with Crippen molar-refractivity contribution in [3.8, 4) is 0 Å². The van der Waals surface area contributed by atoms with E-state index in [1.54, 1.807) is 11.3 Å². The Kier molecular flexibility index (Phi) is 5.63. The van der Waals surface area contributed by atoms with Crippen molar-refractivity contribution in [1.82, 2.24) is 16.2 Å². The van der Waals surface area contributed by atoms with E-state index in [2.05, 4.69) is 39.0 Å². The van der Waals surface area contributed by atoms with Gasteiger partial charge >= 0.3 is 0 Å². The van der Waals surface area contributed by atoms with Crippen molar-refractivity contribution < 1.29 is 4.79 Å². The molecule has 0 bridgehead atoms. The van der Waals surface area contributed by atoms with Crippen molar-refractivity contribution in [1.29, 1.82) is 0 Å². The zero-order valence-electron chi connectivity index (χ0n) is 14.0. The van der Waals surface area contributed by atoms with Crippen LogP contribution in [0.5, 0.6) is 0 Å². The van der Waals surface area contributed by atoms with Crippen LogP contribution >= 0.6 is 11.3 Å². The predicted octanol–water partition coefficient (Wildman–Crippen LogP) is 2.44. The minimum Gasteiger partial charge on any atom is -0.325 e. The first-order chi connectivity index (χ1) is 11.6. The average molecular weight is 344 g/mol. The number of nitrogens with one attached hydrogen (secondary N) is 4. The molecule has 1 saturated heterocycles. The van der Waals surface area contributed by atoms with Gasteiger partial charge < -0.3 is 10.6 Å². The summed E-state index contributed by atoms with van der Waals surface area (Å²) in [6.45, 7) is 5.61. The molecule has 0 spiro atoms. The molecule has 1 fully saturated rings. The van der Waals surface area contributed by atoms with Gasteiger partial charge in [-0.2, -0.15) is 0 Å². The Morgan fingerprint density at radius 2 is 2.12 bits per heavy atom. The molecule has 1 aromatic carbocycles. The third kappa shape index (κ3) is 4.21. The number of aryl methyl sites for hydroxylation is 1. The van der Waals surface area contributed by atoms with E-state index in [0.29, 0.717) is 12.0 Å². The Hall–Kier alpha value is -1.73. The molecule has 0 radical (unpaired) electrons. The van der Waals surface area contributed by atoms with E-state index < -0.39 is 0 Å². The fraction of sp³-hybridized carbons (Fsp3) is 0.389. The lowest BCUT2D eigenvalue weighted by Gasteiger charge is -2.20. The van der Waals surface area contributed by atoms with E-state index in [4.69, 9.17) is 0 Å². The van der Waals surface area contributed by atoms with Gasteiger partial charge in [0.05, 0.1) is 12.1 Å². The molecule has 6 heteroatoms. The maximum absolute atomic E-state index is 12.3. The van der Waals surface area contributed by atoms with Crippen LogP contribution in [-0.4, -0.2) is 25.0 Å². The van der Waals surface area contributed by atoms with Gasteiger partial charge in [0.25, 0.3) is 0 Å². The highest BCUT2D eigenvalue weighted by atomic mass is 32.1. The molecule has 24 heavy (non-hydrogen) atoms. The number of carbonyl (C=O) groups is 1. The summed E-state index contributed by atoms with van der Waals surface area (Å²) >= 11 is 1.76. The first-order valence-electron chi connectivity index (χ1n) is 8.26. The number of hydrogen-bond acceptors (Lipinski definition) is 5. The molecule has 5 nitrogen and oxygen atoms in total. The minimum absolute atomic E-state index is 0.00885. The maximum atomic E-state index is 12.3. The molecule has 1 aromatic heterocycles. The molecule has 2 aromatic rings. The fourth-order valence-electron chi connectivity index (χ4n) is 2.81. The quantitative estimate of drug-likeness (QED) is 0.650. The largest absolute Gasteiger partial charge is 0.325 e. The highest BCUT2D eigenvalue weighted by molar-refractivity contribution is 7.10. The van der Waals surface area contributed by atoms with Gasteiger partial charge in [-0.05, 0) is 37.4 Å². The second kappa shape index (κ2) is 7.90. The number of rotatable bonds is 6. The van der Waals surface area contributed by atoms with Crippen LogP contribution in [0.3, 0.4) is 0 Å². The second-order valence-corrected chi connectivity index (χ2v) is 7.24. The smallest absolute Gasteiger partial charge is 0.241 e. The highest BCUT2D eigenvalue weighted by Crippen LogP contribution is 2.27. The standard InChI is InChI=1S/C18H24N4OS/c1-12-5-7-15(8-6-12)21-18(23)13(2)19-10-14-11-20-22-17(14)16-4-3-9-24-16/h3-9,13-14,17,19-20,22H,10-11H2,1-2H3,(H,21,23). The molecule has 1 aliphatic heterocycles. The molecule has 0 saturated carbocycles. The lowest BCUT2D eigenvalue weighted by Crippen LogP contribution is -2.41. The van der Waals surface area contributed by atoms with Gasteiger partial charge in [0.2, 0.25) is 5.91 Å². The Morgan fingerprint density at radius 3 is 2.83 bits per heavy atom. The number of carbonyl (C=O) groups excluding carboxylic acids is 1. The van der Waals surface area contributed by atoms with Gasteiger partial charge in [-0.1, -0.05) is 23.8 Å². The number of amides is 1. The van der Waals surface area contributed by atoms with Crippen molar-refractivity contribution in [3.63, 3.8) is 0 Å². The van der Waals surface area contributed by atoms with E-state index in [-0.39, 0.29) is 11.9 Å². The average Bonchev–Trinajstić information content (AvgIpc) is 3.25. The van der Waals surface area contributed by atoms with Crippen LogP contribution in [0, 0.1) is 12.8 Å². The first-order valence-corrected chi connectivity index (χ1v) is 9.14. The Morgan fingerprint density at radius 1 is 1.33 bits per heavy atom. The molecular weight excluding hydrogens is 320 g/mol. The second-order valence-electron chi connectivity index (χ2n) is 6.26. The summed E-state index contributed by atoms with van der Waals surface area (Å²) < 4.78 is 0. The Labute approximate surface area is 146 Å². The number of hydrazine groups is 1. The maximum Gasteiger partial charge on any atom is 0.241 e. The fourth-order valence-corrected chi connectivity index (χ4v) is 3.68. The zero-order valence-corrected chi connectivity index (χ0v) is 14.8. The summed E-state index contributed by atoms with van der Waals surface area (Å²) in [6, 6.07) is 12.1. The third-order valence-corrected chi connectivity index (χ3v) is 5.30. The Balaban J connectivity index is 1.50. The molecular formula is C18H24N4OS. The molecule has 4 N–H and O–H groups in total. The van der Waals surface area contributed by atoms with Gasteiger partial charge in [0.1, 0.15) is 0 Å². The lowest BCUT2D eigenvalue weighted by atomic mass is 10.0. The molecule has 1 amide bonds. The van der Waals surface area contributed by atoms with Crippen LogP contribution in [0.4, 0.5) is 5.69 Å². The van der Waals surface area contributed by atoms with Crippen LogP contribution in [0.1, 0.15) is 23.4 Å². The zero-order chi connectivity index (χ0) is 16.9. The van der Waals surface area contributed by atoms with Crippen LogP contribution in [0.2, 0.25) is 0 Å². The molecule has 2 heterocycles. The van der Waals surface area contributed by atoms with Gasteiger partial charge in [-0.15, -0.1) is 11.3 Å². The summed E-state index contributed by atoms with van der Waals surface area (Å²) in [5, 5.41) is 8.41. The lowest BCUT2D eigenvalue weighted by molar-refractivity contribution is -0.117. The summed E-state index contributed by atoms with van der Waals surface area (Å²) in [4.78, 5) is 13.6. The van der Waals surface area contributed by atoms with E-state index in [9.17, 15) is 4.79 Å². The van der Waals surface area contributed by atoms with E-state index in [1.807, 2.05) is 38.1 Å². The first kappa shape index (κ1) is 17.1. The normalized spacial score (nSPS) is 21.6. The molecule has 3 unspecified atom stereocenters. The molecule has 3 atom stereocenters. The Bertz CT molecular complexity index is 656. The summed E-state index contributed by atoms with van der Waals surface area (Å²) in [6.07, 6.45) is 0. The number of thiophene rings is 1.